The number of hydrogen-bond acceptors (Lipinski definition) is 29. The first kappa shape index (κ1) is 57.5. The number of phosphoric acid groups is 4. The van der Waals surface area contributed by atoms with Crippen molar-refractivity contribution in [3.05, 3.63) is 46.0 Å². The van der Waals surface area contributed by atoms with Crippen molar-refractivity contribution in [2.45, 2.75) is 73.6 Å². The largest absolute Gasteiger partial charge is 0.490 e. The Morgan fingerprint density at radius 3 is 1.88 bits per heavy atom. The van der Waals surface area contributed by atoms with E-state index in [4.69, 9.17) is 58.0 Å². The first-order valence-electron chi connectivity index (χ1n) is 22.4. The number of nitrogens with two attached hydrogens (primary N) is 2. The van der Waals surface area contributed by atoms with Gasteiger partial charge in [0, 0.05) is 28.4 Å². The van der Waals surface area contributed by atoms with Crippen LogP contribution in [-0.4, -0.2) is 186 Å². The molecule has 3 aliphatic rings. The second-order valence-corrected chi connectivity index (χ2v) is 23.1. The Morgan fingerprint density at radius 2 is 1.24 bits per heavy atom. The Hall–Kier alpha value is -5.15. The molecule has 13 N–H and O–H groups in total. The van der Waals surface area contributed by atoms with Crippen molar-refractivity contribution in [3.8, 4) is 0 Å². The van der Waals surface area contributed by atoms with Crippen LogP contribution in [-0.2, 0) is 80.4 Å². The molecule has 9 rings (SSSR count). The van der Waals surface area contributed by atoms with E-state index in [-0.39, 0.29) is 51.2 Å². The number of anilines is 3. The highest BCUT2D eigenvalue weighted by Crippen LogP contribution is 2.68. The number of nitrogens with one attached hydrogen (secondary N) is 3. The van der Waals surface area contributed by atoms with E-state index in [1.165, 1.54) is 47.6 Å². The van der Waals surface area contributed by atoms with E-state index in [0.717, 1.165) is 24.3 Å². The van der Waals surface area contributed by atoms with Gasteiger partial charge in [-0.1, -0.05) is 4.98 Å². The van der Waals surface area contributed by atoms with Gasteiger partial charge in [0.15, 0.2) is 41.4 Å². The number of aromatic nitrogens is 12. The fraction of sp³-hybridized carbons (Fsp3) is 0.571. The zero-order chi connectivity index (χ0) is 56.4. The number of aliphatic hydroxyl groups is 2. The third-order valence-corrected chi connectivity index (χ3v) is 17.5. The first-order valence-corrected chi connectivity index (χ1v) is 28.4. The van der Waals surface area contributed by atoms with Gasteiger partial charge in [-0.3, -0.25) is 51.4 Å². The number of H-pyrrole nitrogens is 2. The molecule has 7 unspecified atom stereocenters. The lowest BCUT2D eigenvalue weighted by molar-refractivity contribution is -0.746. The number of methoxy groups -OCH3 is 3. The summed E-state index contributed by atoms with van der Waals surface area (Å²) < 4.78 is 122. The summed E-state index contributed by atoms with van der Waals surface area (Å²) >= 11 is 0. The molecule has 43 heteroatoms. The van der Waals surface area contributed by atoms with Crippen molar-refractivity contribution in [2.75, 3.05) is 65.0 Å². The lowest BCUT2D eigenvalue weighted by Gasteiger charge is -2.26. The standard InChI is InChI=1S/C35H49N15O24P4/c1-38-25-16-26(40-9-39-25)48(10-41-16)32-24(65-5)22(72-75(55,56)66-6-13-19(51)20(52)31(69-13)49-11-42-17-27(49)43-34(36)45-29(17)53)15(71-32)8-68-77(59,60)74-78(61,62)73-76(57,58)67-7-14-21(63-3)23(64-4)33(70-14)50-12-47(2)18-28(50)44-35(37)46-30(18)54/h9-15,19-24,31-33,51-52H,6-8H2,1-5H3,(H10-,36,37,38,39,40,43,44,45,46,53,54,55,56,57,58,59,60,61,62)/p+1/t13-,14-,15-,19+,20?,21?,22?,23+,24+,31-,32-,33-/m1/s1. The van der Waals surface area contributed by atoms with Crippen LogP contribution in [0.25, 0.3) is 33.5 Å². The van der Waals surface area contributed by atoms with Crippen LogP contribution in [0.15, 0.2) is 34.9 Å². The van der Waals surface area contributed by atoms with Crippen molar-refractivity contribution in [1.29, 1.82) is 0 Å². The zero-order valence-corrected chi connectivity index (χ0v) is 44.4. The van der Waals surface area contributed by atoms with Gasteiger partial charge < -0.3 is 75.0 Å². The molecule has 0 radical (unpaired) electrons. The van der Waals surface area contributed by atoms with E-state index in [9.17, 15) is 57.6 Å². The molecule has 3 fully saturated rings. The topological polar surface area (TPSA) is 526 Å². The molecule has 0 aliphatic carbocycles. The van der Waals surface area contributed by atoms with E-state index in [2.05, 4.69) is 53.8 Å². The minimum atomic E-state index is -6.16. The molecule has 78 heavy (non-hydrogen) atoms. The van der Waals surface area contributed by atoms with Gasteiger partial charge >= 0.3 is 36.9 Å². The maximum absolute atomic E-state index is 13.8. The lowest BCUT2D eigenvalue weighted by atomic mass is 10.1. The molecule has 0 amide bonds. The minimum Gasteiger partial charge on any atom is -0.387 e. The number of aryl methyl sites for hydroxylation is 1. The van der Waals surface area contributed by atoms with Crippen LogP contribution in [0.1, 0.15) is 18.7 Å². The Bertz CT molecular complexity index is 3530. The highest BCUT2D eigenvalue weighted by molar-refractivity contribution is 7.66. The van der Waals surface area contributed by atoms with Crippen LogP contribution in [0, 0.1) is 0 Å². The first-order chi connectivity index (χ1) is 36.8. The summed E-state index contributed by atoms with van der Waals surface area (Å²) in [6, 6.07) is 0. The summed E-state index contributed by atoms with van der Waals surface area (Å²) in [6.07, 6.45) is -12.9. The Balaban J connectivity index is 0.876. The molecule has 428 valence electrons. The van der Waals surface area contributed by atoms with Gasteiger partial charge in [0.05, 0.1) is 39.5 Å². The van der Waals surface area contributed by atoms with Crippen LogP contribution in [0.3, 0.4) is 0 Å². The van der Waals surface area contributed by atoms with Crippen LogP contribution < -0.4 is 32.5 Å². The van der Waals surface area contributed by atoms with Crippen molar-refractivity contribution in [2.24, 2.45) is 7.05 Å². The van der Waals surface area contributed by atoms with Gasteiger partial charge in [0.2, 0.25) is 17.7 Å². The fourth-order valence-corrected chi connectivity index (χ4v) is 13.4. The van der Waals surface area contributed by atoms with Gasteiger partial charge in [-0.15, -0.1) is 0 Å². The van der Waals surface area contributed by atoms with Gasteiger partial charge in [0.1, 0.15) is 66.8 Å². The quantitative estimate of drug-likeness (QED) is 0.0239. The molecule has 0 spiro atoms. The number of hydrogen-bond donors (Lipinski definition) is 11. The Labute approximate surface area is 434 Å². The molecule has 0 bridgehead atoms. The number of nitrogens with zero attached hydrogens (tertiary/aromatic N) is 10. The average Bonchev–Trinajstić information content (AvgIpc) is 4.32. The molecular formula is C35H50N15O24P4+. The second-order valence-electron chi connectivity index (χ2n) is 17.1. The smallest absolute Gasteiger partial charge is 0.387 e. The van der Waals surface area contributed by atoms with Gasteiger partial charge in [-0.25, -0.2) is 42.8 Å². The van der Waals surface area contributed by atoms with Crippen molar-refractivity contribution in [1.82, 2.24) is 53.6 Å². The maximum Gasteiger partial charge on any atom is 0.490 e. The molecule has 16 atom stereocenters. The number of ether oxygens (including phenoxy) is 6. The van der Waals surface area contributed by atoms with Crippen molar-refractivity contribution < 1.29 is 108 Å². The van der Waals surface area contributed by atoms with Crippen LogP contribution in [0.5, 0.6) is 0 Å². The zero-order valence-electron chi connectivity index (χ0n) is 40.8. The average molecular weight is 1190 g/mol. The monoisotopic (exact) mass is 1190 g/mol. The molecular weight excluding hydrogens is 1140 g/mol. The van der Waals surface area contributed by atoms with E-state index >= 15 is 0 Å². The summed E-state index contributed by atoms with van der Waals surface area (Å²) in [5.74, 6) is -0.274. The minimum absolute atomic E-state index is 0.0536. The van der Waals surface area contributed by atoms with E-state index in [1.807, 2.05) is 0 Å². The molecule has 3 aliphatic heterocycles. The number of rotatable bonds is 22. The van der Waals surface area contributed by atoms with Crippen molar-refractivity contribution in [3.63, 3.8) is 0 Å². The molecule has 0 aromatic carbocycles. The predicted molar refractivity (Wildman–Crippen MR) is 254 cm³/mol. The van der Waals surface area contributed by atoms with Crippen molar-refractivity contribution >= 4 is 82.5 Å². The SMILES string of the molecule is CNc1ncnc2c1ncn2[C@@H]1O[C@H](COP(=O)(O)OP(=O)(O)OP(=O)(O)OC[C@H]2O[C@@H]([n+]3cn(C)c4c(=O)[nH]c(N)nc43)[C@@H](OC)C2OC)C(OP(=O)(O)OC[C@H]2O[C@@H](n3cnc4c(=O)[nH]c(N)nc43)C(O)[C@H]2O)[C@@H]1OC. The summed E-state index contributed by atoms with van der Waals surface area (Å²) in [7, 11) is -16.5. The van der Waals surface area contributed by atoms with Gasteiger partial charge in [-0.2, -0.15) is 13.6 Å². The van der Waals surface area contributed by atoms with Crippen LogP contribution in [0.4, 0.5) is 17.7 Å². The van der Waals surface area contributed by atoms with Crippen LogP contribution >= 0.6 is 31.3 Å². The summed E-state index contributed by atoms with van der Waals surface area (Å²) in [5, 5.41) is 24.6. The van der Waals surface area contributed by atoms with Crippen LogP contribution in [0.2, 0.25) is 0 Å². The Morgan fingerprint density at radius 1 is 0.679 bits per heavy atom. The third kappa shape index (κ3) is 11.4. The van der Waals surface area contributed by atoms with E-state index in [0.29, 0.717) is 0 Å². The lowest BCUT2D eigenvalue weighted by Crippen LogP contribution is -2.47. The second kappa shape index (κ2) is 22.1. The normalized spacial score (nSPS) is 29.7. The number of aliphatic hydroxyl groups excluding tert-OH is 2. The number of nitrogen functional groups attached to an aromatic ring is 2. The number of phosphoric ester groups is 3. The van der Waals surface area contributed by atoms with E-state index in [1.54, 1.807) is 7.05 Å². The molecule has 6 aromatic heterocycles. The van der Waals surface area contributed by atoms with E-state index < -0.39 is 136 Å². The molecule has 6 aromatic rings. The highest BCUT2D eigenvalue weighted by atomic mass is 31.3. The molecule has 3 saturated heterocycles. The fourth-order valence-electron chi connectivity index (χ4n) is 8.96. The molecule has 9 heterocycles. The highest BCUT2D eigenvalue weighted by Gasteiger charge is 2.54. The summed E-state index contributed by atoms with van der Waals surface area (Å²) in [6.45, 7) is -3.12. The maximum atomic E-state index is 13.8. The molecule has 39 nitrogen and oxygen atoms in total. The third-order valence-electron chi connectivity index (χ3n) is 12.3. The number of imidazole rings is 3. The predicted octanol–water partition coefficient (Wildman–Crippen LogP) is -2.94. The Kier molecular flexibility index (Phi) is 16.3. The van der Waals surface area contributed by atoms with Gasteiger partial charge in [0.25, 0.3) is 17.1 Å². The number of aromatic amines is 2. The summed E-state index contributed by atoms with van der Waals surface area (Å²) in [4.78, 5) is 97.2. The van der Waals surface area contributed by atoms with Gasteiger partial charge in [-0.05, 0) is 0 Å². The summed E-state index contributed by atoms with van der Waals surface area (Å²) in [5.41, 5.74) is 10.3. The number of fused-ring (bicyclic) bond motifs is 3. The molecule has 0 saturated carbocycles.